The van der Waals surface area contributed by atoms with Crippen molar-refractivity contribution in [2.24, 2.45) is 0 Å². The van der Waals surface area contributed by atoms with Gasteiger partial charge >= 0.3 is 0 Å². The van der Waals surface area contributed by atoms with Gasteiger partial charge in [-0.1, -0.05) is 10.4 Å². The highest BCUT2D eigenvalue weighted by molar-refractivity contribution is 8.28. The van der Waals surface area contributed by atoms with Crippen LogP contribution >= 0.6 is 10.4 Å². The van der Waals surface area contributed by atoms with Gasteiger partial charge < -0.3 is 0 Å². The van der Waals surface area contributed by atoms with Crippen LogP contribution < -0.4 is 0 Å². The molecule has 0 N–H and O–H groups in total. The van der Waals surface area contributed by atoms with E-state index in [1.807, 2.05) is 0 Å². The summed E-state index contributed by atoms with van der Waals surface area (Å²) < 4.78 is 36.2. The van der Waals surface area contributed by atoms with Crippen LogP contribution in [0.1, 0.15) is 6.42 Å². The smallest absolute Gasteiger partial charge is 0.210 e. The third-order valence-corrected chi connectivity index (χ3v) is 4.24. The molecule has 3 nitrogen and oxygen atoms in total. The van der Waals surface area contributed by atoms with Crippen LogP contribution in [0.4, 0.5) is 3.89 Å². The van der Waals surface area contributed by atoms with E-state index in [-0.39, 0.29) is 0 Å². The highest BCUT2D eigenvalue weighted by Gasteiger charge is 2.13. The van der Waals surface area contributed by atoms with Gasteiger partial charge in [0.25, 0.3) is 0 Å². The molecule has 0 rings (SSSR count). The Morgan fingerprint density at radius 2 is 1.69 bits per heavy atom. The molecule has 0 bridgehead atoms. The van der Waals surface area contributed by atoms with Crippen molar-refractivity contribution >= 4 is 20.4 Å². The molecular formula is C7H18FNO2S2. The molecule has 0 saturated heterocycles. The van der Waals surface area contributed by atoms with Crippen LogP contribution in [0.2, 0.25) is 0 Å². The van der Waals surface area contributed by atoms with E-state index in [1.165, 1.54) is 11.4 Å². The summed E-state index contributed by atoms with van der Waals surface area (Å²) in [6.07, 6.45) is 4.89. The number of nitrogens with zero attached hydrogens (tertiary/aromatic N) is 1. The number of rotatable bonds is 5. The van der Waals surface area contributed by atoms with Crippen molar-refractivity contribution in [1.29, 1.82) is 0 Å². The van der Waals surface area contributed by atoms with E-state index in [0.29, 0.717) is 18.7 Å². The molecule has 0 aliphatic rings. The zero-order valence-corrected chi connectivity index (χ0v) is 10.2. The van der Waals surface area contributed by atoms with Crippen molar-refractivity contribution in [1.82, 2.24) is 4.31 Å². The van der Waals surface area contributed by atoms with Crippen LogP contribution in [-0.4, -0.2) is 50.8 Å². The fraction of sp³-hybridized carbons (Fsp3) is 1.00. The lowest BCUT2D eigenvalue weighted by atomic mass is 10.5. The molecule has 0 radical (unpaired) electrons. The average molecular weight is 231 g/mol. The molecule has 0 amide bonds. The van der Waals surface area contributed by atoms with E-state index < -0.39 is 20.4 Å². The largest absolute Gasteiger partial charge is 0.213 e. The van der Waals surface area contributed by atoms with Crippen molar-refractivity contribution in [2.75, 3.05) is 38.1 Å². The zero-order valence-electron chi connectivity index (χ0n) is 8.58. The minimum Gasteiger partial charge on any atom is -0.213 e. The normalized spacial score (nSPS) is 14.9. The third kappa shape index (κ3) is 7.28. The van der Waals surface area contributed by atoms with E-state index >= 15 is 0 Å². The summed E-state index contributed by atoms with van der Waals surface area (Å²) in [5.74, 6) is 0.465. The number of halogens is 1. The second kappa shape index (κ2) is 4.61. The summed E-state index contributed by atoms with van der Waals surface area (Å²) in [6, 6.07) is 0. The second-order valence-electron chi connectivity index (χ2n) is 3.55. The Bertz CT molecular complexity index is 246. The molecule has 0 saturated carbocycles. The van der Waals surface area contributed by atoms with E-state index in [2.05, 4.69) is 0 Å². The first kappa shape index (κ1) is 13.2. The standard InChI is InChI=1S/C7H18FNO2S2/c1-9(13(4,10)11)6-5-7-12(2,3)8/h5-7H2,1-4H3. The Morgan fingerprint density at radius 3 is 2.00 bits per heavy atom. The van der Waals surface area contributed by atoms with Gasteiger partial charge in [-0.05, 0) is 18.9 Å². The first-order chi connectivity index (χ1) is 5.63. The molecule has 0 aromatic rings. The Hall–Kier alpha value is 0.190. The van der Waals surface area contributed by atoms with Gasteiger partial charge in [-0.25, -0.2) is 12.7 Å². The van der Waals surface area contributed by atoms with Crippen molar-refractivity contribution in [2.45, 2.75) is 6.42 Å². The highest BCUT2D eigenvalue weighted by Crippen LogP contribution is 2.41. The Kier molecular flexibility index (Phi) is 4.68. The lowest BCUT2D eigenvalue weighted by Crippen LogP contribution is -2.27. The lowest BCUT2D eigenvalue weighted by molar-refractivity contribution is 0.474. The van der Waals surface area contributed by atoms with Gasteiger partial charge in [-0.3, -0.25) is 0 Å². The quantitative estimate of drug-likeness (QED) is 0.713. The van der Waals surface area contributed by atoms with E-state index in [4.69, 9.17) is 0 Å². The maximum atomic E-state index is 13.1. The zero-order chi connectivity index (χ0) is 10.7. The fourth-order valence-corrected chi connectivity index (χ4v) is 2.07. The summed E-state index contributed by atoms with van der Waals surface area (Å²) in [6.45, 7) is 0.402. The van der Waals surface area contributed by atoms with Crippen LogP contribution in [-0.2, 0) is 10.0 Å². The number of hydrogen-bond acceptors (Lipinski definition) is 2. The molecular weight excluding hydrogens is 213 g/mol. The Labute approximate surface area is 82.0 Å². The molecule has 0 heterocycles. The molecule has 0 aromatic carbocycles. The number of hydrogen-bond donors (Lipinski definition) is 0. The molecule has 13 heavy (non-hydrogen) atoms. The van der Waals surface area contributed by atoms with Crippen molar-refractivity contribution < 1.29 is 12.3 Å². The minimum absolute atomic E-state index is 0.402. The summed E-state index contributed by atoms with van der Waals surface area (Å²) in [7, 11) is -3.58. The van der Waals surface area contributed by atoms with Gasteiger partial charge in [0.1, 0.15) is 0 Å². The van der Waals surface area contributed by atoms with Crippen molar-refractivity contribution in [3.05, 3.63) is 0 Å². The molecule has 0 unspecified atom stereocenters. The predicted octanol–water partition coefficient (Wildman–Crippen LogP) is 1.22. The van der Waals surface area contributed by atoms with Gasteiger partial charge in [0.15, 0.2) is 0 Å². The van der Waals surface area contributed by atoms with Crippen LogP contribution in [0.3, 0.4) is 0 Å². The second-order valence-corrected chi connectivity index (χ2v) is 8.85. The maximum absolute atomic E-state index is 13.1. The molecule has 0 aliphatic heterocycles. The monoisotopic (exact) mass is 231 g/mol. The van der Waals surface area contributed by atoms with Crippen LogP contribution in [0.25, 0.3) is 0 Å². The SMILES string of the molecule is CN(CCCS(C)(C)F)S(C)(=O)=O. The fourth-order valence-electron chi connectivity index (χ4n) is 0.796. The van der Waals surface area contributed by atoms with Gasteiger partial charge in [-0.15, -0.1) is 0 Å². The van der Waals surface area contributed by atoms with Crippen LogP contribution in [0, 0.1) is 0 Å². The lowest BCUT2D eigenvalue weighted by Gasteiger charge is -2.21. The molecule has 0 atom stereocenters. The molecule has 0 fully saturated rings. The summed E-state index contributed by atoms with van der Waals surface area (Å²) >= 11 is 0. The first-order valence-corrected chi connectivity index (χ1v) is 8.31. The van der Waals surface area contributed by atoms with Crippen LogP contribution in [0.15, 0.2) is 0 Å². The van der Waals surface area contributed by atoms with Crippen molar-refractivity contribution in [3.8, 4) is 0 Å². The van der Waals surface area contributed by atoms with Gasteiger partial charge in [-0.2, -0.15) is 3.89 Å². The molecule has 0 aliphatic carbocycles. The van der Waals surface area contributed by atoms with Gasteiger partial charge in [0.2, 0.25) is 10.0 Å². The van der Waals surface area contributed by atoms with Crippen molar-refractivity contribution in [3.63, 3.8) is 0 Å². The molecule has 0 spiro atoms. The highest BCUT2D eigenvalue weighted by atomic mass is 32.3. The third-order valence-electron chi connectivity index (χ3n) is 1.67. The van der Waals surface area contributed by atoms with E-state index in [1.54, 1.807) is 12.5 Å². The Balaban J connectivity index is 3.80. The predicted molar refractivity (Wildman–Crippen MR) is 57.5 cm³/mol. The topological polar surface area (TPSA) is 37.4 Å². The van der Waals surface area contributed by atoms with E-state index in [9.17, 15) is 12.3 Å². The minimum atomic E-state index is -3.10. The number of sulfonamides is 1. The molecule has 6 heteroatoms. The Morgan fingerprint density at radius 1 is 1.23 bits per heavy atom. The maximum Gasteiger partial charge on any atom is 0.210 e. The average Bonchev–Trinajstić information content (AvgIpc) is 1.82. The van der Waals surface area contributed by atoms with Gasteiger partial charge in [0.05, 0.1) is 6.26 Å². The molecule has 82 valence electrons. The van der Waals surface area contributed by atoms with E-state index in [0.717, 1.165) is 6.26 Å². The summed E-state index contributed by atoms with van der Waals surface area (Å²) in [5, 5.41) is 0. The molecule has 0 aromatic heterocycles. The van der Waals surface area contributed by atoms with Gasteiger partial charge in [0, 0.05) is 19.3 Å². The first-order valence-electron chi connectivity index (χ1n) is 3.95. The summed E-state index contributed by atoms with van der Waals surface area (Å²) in [5.41, 5.74) is 0. The summed E-state index contributed by atoms with van der Waals surface area (Å²) in [4.78, 5) is 0. The van der Waals surface area contributed by atoms with Crippen LogP contribution in [0.5, 0.6) is 0 Å².